The van der Waals surface area contributed by atoms with Crippen LogP contribution in [0.15, 0.2) is 36.4 Å². The van der Waals surface area contributed by atoms with Gasteiger partial charge in [-0.3, -0.25) is 4.72 Å². The quantitative estimate of drug-likeness (QED) is 0.628. The number of aromatic hydroxyl groups is 1. The second-order valence-corrected chi connectivity index (χ2v) is 8.11. The van der Waals surface area contributed by atoms with Gasteiger partial charge in [0.15, 0.2) is 0 Å². The summed E-state index contributed by atoms with van der Waals surface area (Å²) in [6.07, 6.45) is 1.13. The number of aromatic amines is 1. The van der Waals surface area contributed by atoms with Crippen LogP contribution in [0.1, 0.15) is 5.56 Å². The molecule has 0 aliphatic carbocycles. The number of nitrogens with one attached hydrogen (secondary N) is 2. The summed E-state index contributed by atoms with van der Waals surface area (Å²) < 4.78 is 25.4. The molecule has 0 aliphatic heterocycles. The number of phenols is 1. The van der Waals surface area contributed by atoms with Crippen LogP contribution in [0.3, 0.4) is 0 Å². The minimum Gasteiger partial charge on any atom is -0.506 e. The molecule has 0 aliphatic rings. The average Bonchev–Trinajstić information content (AvgIpc) is 2.83. The van der Waals surface area contributed by atoms with E-state index in [4.69, 9.17) is 0 Å². The highest BCUT2D eigenvalue weighted by atomic mass is 35.5. The van der Waals surface area contributed by atoms with E-state index in [1.807, 2.05) is 50.2 Å². The molecule has 8 heteroatoms. The third kappa shape index (κ3) is 3.89. The maximum Gasteiger partial charge on any atom is 0.229 e. The van der Waals surface area contributed by atoms with Gasteiger partial charge in [-0.1, -0.05) is 0 Å². The van der Waals surface area contributed by atoms with Crippen LogP contribution in [0, 0.1) is 6.92 Å². The fraction of sp³-hybridized carbons (Fsp3) is 0.222. The zero-order chi connectivity index (χ0) is 18.4. The lowest BCUT2D eigenvalue weighted by Crippen LogP contribution is -2.09. The average molecular weight is 396 g/mol. The zero-order valence-electron chi connectivity index (χ0n) is 15.0. The Hall–Kier alpha value is -2.38. The number of hydrogen-bond donors (Lipinski definition) is 3. The van der Waals surface area contributed by atoms with Crippen molar-refractivity contribution in [3.05, 3.63) is 42.0 Å². The number of aromatic nitrogens is 1. The molecule has 0 unspecified atom stereocenters. The molecule has 0 saturated heterocycles. The van der Waals surface area contributed by atoms with Crippen molar-refractivity contribution in [2.45, 2.75) is 6.92 Å². The number of phenolic OH excluding ortho intramolecular Hbond substituents is 1. The maximum absolute atomic E-state index is 11.4. The third-order valence-electron chi connectivity index (χ3n) is 4.11. The second kappa shape index (κ2) is 7.09. The number of aryl methyl sites for hydroxylation is 1. The van der Waals surface area contributed by atoms with Crippen LogP contribution in [0.25, 0.3) is 22.2 Å². The molecule has 26 heavy (non-hydrogen) atoms. The normalized spacial score (nSPS) is 11.2. The number of hydrogen-bond acceptors (Lipinski definition) is 4. The second-order valence-electron chi connectivity index (χ2n) is 6.36. The standard InChI is InChI=1S/C18H21N3O3S.ClH/c1-11-14-10-13(20-25(4,23)24)6-7-15(14)19-18(11)12-5-8-17(22)16(9-12)21(2)3;/h5-10,19-20,22H,1-4H3;1H. The van der Waals surface area contributed by atoms with Gasteiger partial charge in [-0.05, 0) is 48.9 Å². The van der Waals surface area contributed by atoms with Gasteiger partial charge in [-0.15, -0.1) is 12.4 Å². The molecule has 6 nitrogen and oxygen atoms in total. The Morgan fingerprint density at radius 2 is 1.81 bits per heavy atom. The van der Waals surface area contributed by atoms with Gasteiger partial charge < -0.3 is 15.0 Å². The van der Waals surface area contributed by atoms with E-state index in [1.165, 1.54) is 0 Å². The Balaban J connectivity index is 0.00000243. The van der Waals surface area contributed by atoms with Crippen molar-refractivity contribution in [3.8, 4) is 17.0 Å². The van der Waals surface area contributed by atoms with Crippen LogP contribution >= 0.6 is 12.4 Å². The highest BCUT2D eigenvalue weighted by Crippen LogP contribution is 2.35. The van der Waals surface area contributed by atoms with Crippen molar-refractivity contribution in [3.63, 3.8) is 0 Å². The van der Waals surface area contributed by atoms with E-state index < -0.39 is 10.0 Å². The predicted molar refractivity (Wildman–Crippen MR) is 110 cm³/mol. The molecule has 0 atom stereocenters. The van der Waals surface area contributed by atoms with Crippen molar-refractivity contribution >= 4 is 44.7 Å². The Labute approximate surface area is 159 Å². The van der Waals surface area contributed by atoms with Gasteiger partial charge >= 0.3 is 0 Å². The molecule has 2 aromatic carbocycles. The zero-order valence-corrected chi connectivity index (χ0v) is 16.6. The summed E-state index contributed by atoms with van der Waals surface area (Å²) >= 11 is 0. The molecule has 1 heterocycles. The lowest BCUT2D eigenvalue weighted by Gasteiger charge is -2.15. The molecule has 0 bridgehead atoms. The van der Waals surface area contributed by atoms with E-state index in [9.17, 15) is 13.5 Å². The summed E-state index contributed by atoms with van der Waals surface area (Å²) in [5, 5.41) is 10.9. The van der Waals surface area contributed by atoms with E-state index in [0.29, 0.717) is 5.69 Å². The van der Waals surface area contributed by atoms with E-state index >= 15 is 0 Å². The van der Waals surface area contributed by atoms with Gasteiger partial charge in [0.05, 0.1) is 11.9 Å². The minimum absolute atomic E-state index is 0. The summed E-state index contributed by atoms with van der Waals surface area (Å²) in [6, 6.07) is 10.8. The van der Waals surface area contributed by atoms with Gasteiger partial charge in [0.1, 0.15) is 5.75 Å². The number of benzene rings is 2. The number of anilines is 2. The van der Waals surface area contributed by atoms with Crippen LogP contribution in [-0.2, 0) is 10.0 Å². The number of nitrogens with zero attached hydrogens (tertiary/aromatic N) is 1. The van der Waals surface area contributed by atoms with Crippen molar-refractivity contribution < 1.29 is 13.5 Å². The minimum atomic E-state index is -3.32. The van der Waals surface area contributed by atoms with Gasteiger partial charge in [0.25, 0.3) is 0 Å². The Bertz CT molecular complexity index is 1060. The number of rotatable bonds is 4. The Kier molecular flexibility index (Phi) is 5.44. The summed E-state index contributed by atoms with van der Waals surface area (Å²) in [5.74, 6) is 0.224. The summed E-state index contributed by atoms with van der Waals surface area (Å²) in [7, 11) is 0.433. The summed E-state index contributed by atoms with van der Waals surface area (Å²) in [6.45, 7) is 1.99. The highest BCUT2D eigenvalue weighted by Gasteiger charge is 2.13. The number of fused-ring (bicyclic) bond motifs is 1. The van der Waals surface area contributed by atoms with Crippen LogP contribution in [0.5, 0.6) is 5.75 Å². The first kappa shape index (κ1) is 19.9. The fourth-order valence-corrected chi connectivity index (χ4v) is 3.49. The molecule has 3 aromatic rings. The van der Waals surface area contributed by atoms with Crippen LogP contribution in [0.2, 0.25) is 0 Å². The Morgan fingerprint density at radius 3 is 2.42 bits per heavy atom. The maximum atomic E-state index is 11.4. The topological polar surface area (TPSA) is 85.4 Å². The van der Waals surface area contributed by atoms with Crippen molar-refractivity contribution in [1.82, 2.24) is 4.98 Å². The van der Waals surface area contributed by atoms with Crippen molar-refractivity contribution in [2.75, 3.05) is 30.0 Å². The predicted octanol–water partition coefficient (Wildman–Crippen LogP) is 3.71. The van der Waals surface area contributed by atoms with Gasteiger partial charge in [-0.2, -0.15) is 0 Å². The summed E-state index contributed by atoms with van der Waals surface area (Å²) in [4.78, 5) is 5.23. The number of halogens is 1. The Morgan fingerprint density at radius 1 is 1.12 bits per heavy atom. The fourth-order valence-electron chi connectivity index (χ4n) is 2.93. The molecule has 0 fully saturated rings. The first-order valence-electron chi connectivity index (χ1n) is 7.76. The van der Waals surface area contributed by atoms with Crippen molar-refractivity contribution in [1.29, 1.82) is 0 Å². The largest absolute Gasteiger partial charge is 0.506 e. The monoisotopic (exact) mass is 395 g/mol. The van der Waals surface area contributed by atoms with E-state index in [2.05, 4.69) is 9.71 Å². The lowest BCUT2D eigenvalue weighted by molar-refractivity contribution is 0.476. The van der Waals surface area contributed by atoms with E-state index in [0.717, 1.165) is 39.7 Å². The van der Waals surface area contributed by atoms with Gasteiger partial charge in [0, 0.05) is 41.9 Å². The van der Waals surface area contributed by atoms with Crippen molar-refractivity contribution in [2.24, 2.45) is 0 Å². The SMILES string of the molecule is Cc1c(-c2ccc(O)c(N(C)C)c2)[nH]c2ccc(NS(C)(=O)=O)cc12.Cl. The van der Waals surface area contributed by atoms with Gasteiger partial charge in [-0.25, -0.2) is 8.42 Å². The first-order valence-corrected chi connectivity index (χ1v) is 9.65. The van der Waals surface area contributed by atoms with E-state index in [1.54, 1.807) is 12.1 Å². The highest BCUT2D eigenvalue weighted by molar-refractivity contribution is 7.92. The van der Waals surface area contributed by atoms with Crippen LogP contribution < -0.4 is 9.62 Å². The molecular formula is C18H22ClN3O3S. The van der Waals surface area contributed by atoms with Crippen LogP contribution in [0.4, 0.5) is 11.4 Å². The third-order valence-corrected chi connectivity index (χ3v) is 4.71. The van der Waals surface area contributed by atoms with Gasteiger partial charge in [0.2, 0.25) is 10.0 Å². The smallest absolute Gasteiger partial charge is 0.229 e. The molecule has 3 N–H and O–H groups in total. The van der Waals surface area contributed by atoms with Crippen LogP contribution in [-0.4, -0.2) is 38.9 Å². The van der Waals surface area contributed by atoms with E-state index in [-0.39, 0.29) is 18.2 Å². The molecular weight excluding hydrogens is 374 g/mol. The molecule has 3 rings (SSSR count). The summed E-state index contributed by atoms with van der Waals surface area (Å²) in [5.41, 5.74) is 5.09. The number of H-pyrrole nitrogens is 1. The number of sulfonamides is 1. The molecule has 0 radical (unpaired) electrons. The molecule has 0 amide bonds. The molecule has 140 valence electrons. The molecule has 0 saturated carbocycles. The molecule has 1 aromatic heterocycles. The first-order chi connectivity index (χ1) is 11.7. The lowest BCUT2D eigenvalue weighted by atomic mass is 10.1. The molecule has 0 spiro atoms.